The average Bonchev–Trinajstić information content (AvgIpc) is 2.52. The van der Waals surface area contributed by atoms with E-state index < -0.39 is 0 Å². The summed E-state index contributed by atoms with van der Waals surface area (Å²) in [7, 11) is 0. The fraction of sp³-hybridized carbons (Fsp3) is 1.00. The predicted molar refractivity (Wildman–Crippen MR) is 117 cm³/mol. The largest absolute Gasteiger partial charge is 0.367 e. The van der Waals surface area contributed by atoms with Gasteiger partial charge in [0.1, 0.15) is 0 Å². The van der Waals surface area contributed by atoms with Gasteiger partial charge in [0, 0.05) is 21.0 Å². The minimum Gasteiger partial charge on any atom is -0.367 e. The SMILES string of the molecule is CC(C)(C)SCC1(OC2(CSC(C)(C)C)CCCCC2)CCCCC1. The third-order valence-corrected chi connectivity index (χ3v) is 8.57. The minimum absolute atomic E-state index is 0.131. The summed E-state index contributed by atoms with van der Waals surface area (Å²) in [4.78, 5) is 0. The number of ether oxygens (including phenoxy) is 1. The fourth-order valence-corrected chi connectivity index (χ4v) is 6.19. The van der Waals surface area contributed by atoms with E-state index in [1.165, 1.54) is 75.7 Å². The maximum atomic E-state index is 7.26. The van der Waals surface area contributed by atoms with Crippen LogP contribution in [0.2, 0.25) is 0 Å². The molecule has 148 valence electrons. The molecule has 0 unspecified atom stereocenters. The van der Waals surface area contributed by atoms with Crippen LogP contribution in [0.4, 0.5) is 0 Å². The second-order valence-electron chi connectivity index (χ2n) is 10.4. The molecule has 2 aliphatic carbocycles. The van der Waals surface area contributed by atoms with Gasteiger partial charge in [0.15, 0.2) is 0 Å². The average molecular weight is 387 g/mol. The zero-order valence-corrected chi connectivity index (χ0v) is 19.3. The van der Waals surface area contributed by atoms with Crippen molar-refractivity contribution in [2.24, 2.45) is 0 Å². The van der Waals surface area contributed by atoms with Crippen molar-refractivity contribution >= 4 is 23.5 Å². The Morgan fingerprint density at radius 2 is 0.920 bits per heavy atom. The monoisotopic (exact) mass is 386 g/mol. The van der Waals surface area contributed by atoms with Crippen LogP contribution < -0.4 is 0 Å². The van der Waals surface area contributed by atoms with Crippen LogP contribution in [0.5, 0.6) is 0 Å². The van der Waals surface area contributed by atoms with E-state index >= 15 is 0 Å². The predicted octanol–water partition coefficient (Wildman–Crippen LogP) is 7.47. The molecule has 0 bridgehead atoms. The van der Waals surface area contributed by atoms with E-state index in [4.69, 9.17) is 4.74 Å². The van der Waals surface area contributed by atoms with Gasteiger partial charge in [-0.3, -0.25) is 0 Å². The summed E-state index contributed by atoms with van der Waals surface area (Å²) in [6, 6.07) is 0. The smallest absolute Gasteiger partial charge is 0.0780 e. The summed E-state index contributed by atoms with van der Waals surface area (Å²) < 4.78 is 7.91. The van der Waals surface area contributed by atoms with Crippen molar-refractivity contribution in [3.8, 4) is 0 Å². The molecule has 0 spiro atoms. The summed E-state index contributed by atoms with van der Waals surface area (Å²) in [6.45, 7) is 14.1. The Bertz CT molecular complexity index is 355. The Hall–Kier alpha value is 0.660. The van der Waals surface area contributed by atoms with Gasteiger partial charge in [0.05, 0.1) is 11.2 Å². The van der Waals surface area contributed by atoms with Crippen LogP contribution in [0, 0.1) is 0 Å². The van der Waals surface area contributed by atoms with Gasteiger partial charge >= 0.3 is 0 Å². The molecule has 0 heterocycles. The van der Waals surface area contributed by atoms with Crippen molar-refractivity contribution in [3.63, 3.8) is 0 Å². The van der Waals surface area contributed by atoms with Crippen molar-refractivity contribution in [1.29, 1.82) is 0 Å². The molecule has 0 N–H and O–H groups in total. The molecule has 1 nitrogen and oxygen atoms in total. The molecule has 3 heteroatoms. The maximum absolute atomic E-state index is 7.26. The summed E-state index contributed by atoms with van der Waals surface area (Å²) in [5.74, 6) is 2.36. The first-order chi connectivity index (χ1) is 11.5. The summed E-state index contributed by atoms with van der Waals surface area (Å²) in [6.07, 6.45) is 13.3. The van der Waals surface area contributed by atoms with Gasteiger partial charge in [-0.15, -0.1) is 0 Å². The van der Waals surface area contributed by atoms with Gasteiger partial charge in [-0.25, -0.2) is 0 Å². The Kier molecular flexibility index (Phi) is 7.71. The molecule has 2 aliphatic rings. The van der Waals surface area contributed by atoms with Crippen LogP contribution in [0.25, 0.3) is 0 Å². The van der Waals surface area contributed by atoms with E-state index in [0.29, 0.717) is 9.49 Å². The van der Waals surface area contributed by atoms with Gasteiger partial charge in [0.2, 0.25) is 0 Å². The van der Waals surface area contributed by atoms with Crippen molar-refractivity contribution in [1.82, 2.24) is 0 Å². The molecule has 25 heavy (non-hydrogen) atoms. The summed E-state index contributed by atoms with van der Waals surface area (Å²) in [5.41, 5.74) is 0.262. The normalized spacial score (nSPS) is 24.2. The fourth-order valence-electron chi connectivity index (χ4n) is 4.10. The van der Waals surface area contributed by atoms with E-state index in [9.17, 15) is 0 Å². The zero-order valence-electron chi connectivity index (χ0n) is 17.7. The lowest BCUT2D eigenvalue weighted by Crippen LogP contribution is -2.50. The molecule has 0 aromatic heterocycles. The number of hydrogen-bond acceptors (Lipinski definition) is 3. The van der Waals surface area contributed by atoms with Gasteiger partial charge < -0.3 is 4.74 Å². The second-order valence-corrected chi connectivity index (χ2v) is 14.0. The van der Waals surface area contributed by atoms with Gasteiger partial charge in [-0.05, 0) is 25.7 Å². The van der Waals surface area contributed by atoms with Gasteiger partial charge in [-0.1, -0.05) is 80.1 Å². The van der Waals surface area contributed by atoms with E-state index in [-0.39, 0.29) is 11.2 Å². The highest BCUT2D eigenvalue weighted by Gasteiger charge is 2.44. The molecular formula is C22H42OS2. The molecular weight excluding hydrogens is 344 g/mol. The van der Waals surface area contributed by atoms with Gasteiger partial charge in [-0.2, -0.15) is 23.5 Å². The van der Waals surface area contributed by atoms with Crippen molar-refractivity contribution in [2.75, 3.05) is 11.5 Å². The third-order valence-electron chi connectivity index (χ3n) is 5.50. The van der Waals surface area contributed by atoms with Crippen LogP contribution in [0.1, 0.15) is 106 Å². The highest BCUT2D eigenvalue weighted by atomic mass is 32.2. The molecule has 0 radical (unpaired) electrons. The first-order valence-corrected chi connectivity index (χ1v) is 12.5. The topological polar surface area (TPSA) is 9.23 Å². The lowest BCUT2D eigenvalue weighted by molar-refractivity contribution is -0.162. The van der Waals surface area contributed by atoms with E-state index in [1.54, 1.807) is 0 Å². The van der Waals surface area contributed by atoms with E-state index in [0.717, 1.165) is 0 Å². The van der Waals surface area contributed by atoms with E-state index in [2.05, 4.69) is 65.1 Å². The van der Waals surface area contributed by atoms with Crippen molar-refractivity contribution in [2.45, 2.75) is 126 Å². The lowest BCUT2D eigenvalue weighted by atomic mass is 9.82. The summed E-state index contributed by atoms with van der Waals surface area (Å²) >= 11 is 4.24. The highest BCUT2D eigenvalue weighted by Crippen LogP contribution is 2.46. The van der Waals surface area contributed by atoms with Crippen molar-refractivity contribution in [3.05, 3.63) is 0 Å². The Morgan fingerprint density at radius 3 is 1.20 bits per heavy atom. The number of thioether (sulfide) groups is 2. The molecule has 0 aromatic rings. The second kappa shape index (κ2) is 8.78. The van der Waals surface area contributed by atoms with Crippen LogP contribution in [0.15, 0.2) is 0 Å². The number of hydrogen-bond donors (Lipinski definition) is 0. The molecule has 0 amide bonds. The molecule has 0 aromatic carbocycles. The minimum atomic E-state index is 0.131. The first kappa shape index (κ1) is 22.0. The maximum Gasteiger partial charge on any atom is 0.0780 e. The standard InChI is InChI=1S/C22H42OS2/c1-19(2,3)24-17-21(13-9-7-10-14-21)23-22(15-11-8-12-16-22)18-25-20(4,5)6/h7-18H2,1-6H3. The van der Waals surface area contributed by atoms with Crippen molar-refractivity contribution < 1.29 is 4.74 Å². The number of rotatable bonds is 6. The molecule has 2 saturated carbocycles. The van der Waals surface area contributed by atoms with Crippen LogP contribution in [-0.4, -0.2) is 32.2 Å². The molecule has 0 saturated heterocycles. The quantitative estimate of drug-likeness (QED) is 0.468. The molecule has 2 fully saturated rings. The van der Waals surface area contributed by atoms with Crippen LogP contribution in [0.3, 0.4) is 0 Å². The molecule has 0 aliphatic heterocycles. The molecule has 2 rings (SSSR count). The Balaban J connectivity index is 2.13. The summed E-state index contributed by atoms with van der Waals surface area (Å²) in [5, 5.41) is 0. The van der Waals surface area contributed by atoms with E-state index in [1.807, 2.05) is 0 Å². The highest BCUT2D eigenvalue weighted by molar-refractivity contribution is 8.00. The Morgan fingerprint density at radius 1 is 0.600 bits per heavy atom. The van der Waals surface area contributed by atoms with Crippen LogP contribution >= 0.6 is 23.5 Å². The first-order valence-electron chi connectivity index (χ1n) is 10.5. The molecule has 0 atom stereocenters. The lowest BCUT2D eigenvalue weighted by Gasteiger charge is -2.49. The van der Waals surface area contributed by atoms with Gasteiger partial charge in [0.25, 0.3) is 0 Å². The van der Waals surface area contributed by atoms with Crippen LogP contribution in [-0.2, 0) is 4.74 Å². The Labute approximate surface area is 166 Å². The third kappa shape index (κ3) is 7.66. The zero-order chi connectivity index (χ0) is 18.6.